The molecule has 2 heterocycles. The van der Waals surface area contributed by atoms with Gasteiger partial charge in [0, 0.05) is 29.5 Å². The quantitative estimate of drug-likeness (QED) is 0.943. The summed E-state index contributed by atoms with van der Waals surface area (Å²) in [6, 6.07) is 4.30. The number of anilines is 1. The van der Waals surface area contributed by atoms with Crippen LogP contribution in [-0.4, -0.2) is 41.5 Å². The summed E-state index contributed by atoms with van der Waals surface area (Å²) in [5.41, 5.74) is 2.83. The van der Waals surface area contributed by atoms with Crippen LogP contribution in [0.2, 0.25) is 0 Å². The number of aromatic nitrogens is 2. The summed E-state index contributed by atoms with van der Waals surface area (Å²) in [6.45, 7) is 3.13. The zero-order chi connectivity index (χ0) is 13.1. The van der Waals surface area contributed by atoms with Crippen LogP contribution in [0.1, 0.15) is 6.92 Å². The minimum absolute atomic E-state index is 0.357. The van der Waals surface area contributed by atoms with Gasteiger partial charge in [0.2, 0.25) is 0 Å². The maximum Gasteiger partial charge on any atom is 0.112 e. The molecule has 0 aliphatic heterocycles. The second kappa shape index (κ2) is 5.63. The molecule has 1 N–H and O–H groups in total. The Kier molecular flexibility index (Phi) is 4.14. The van der Waals surface area contributed by atoms with Crippen molar-refractivity contribution in [3.8, 4) is 0 Å². The summed E-state index contributed by atoms with van der Waals surface area (Å²) in [5.74, 6) is 0. The Morgan fingerprint density at radius 1 is 1.39 bits per heavy atom. The van der Waals surface area contributed by atoms with Crippen molar-refractivity contribution in [1.82, 2.24) is 14.9 Å². The molecule has 5 heteroatoms. The van der Waals surface area contributed by atoms with E-state index in [1.54, 1.807) is 12.4 Å². The Hall–Kier alpha value is -1.20. The second-order valence-corrected chi connectivity index (χ2v) is 5.60. The molecule has 2 aromatic rings. The first kappa shape index (κ1) is 13.2. The topological polar surface area (TPSA) is 41.0 Å². The Bertz CT molecular complexity index is 542. The van der Waals surface area contributed by atoms with Gasteiger partial charge in [-0.25, -0.2) is 0 Å². The molecule has 1 atom stereocenters. The van der Waals surface area contributed by atoms with E-state index in [2.05, 4.69) is 57.1 Å². The summed E-state index contributed by atoms with van der Waals surface area (Å²) >= 11 is 3.41. The normalized spacial score (nSPS) is 12.9. The molecule has 0 fully saturated rings. The molecule has 0 aliphatic rings. The average molecular weight is 309 g/mol. The van der Waals surface area contributed by atoms with Crippen molar-refractivity contribution < 1.29 is 0 Å². The van der Waals surface area contributed by atoms with Gasteiger partial charge in [0.25, 0.3) is 0 Å². The number of nitrogens with one attached hydrogen (secondary N) is 1. The maximum absolute atomic E-state index is 4.43. The molecule has 2 aromatic heterocycles. The van der Waals surface area contributed by atoms with Crippen LogP contribution in [0.5, 0.6) is 0 Å². The molecule has 0 bridgehead atoms. The number of hydrogen-bond donors (Lipinski definition) is 1. The lowest BCUT2D eigenvalue weighted by molar-refractivity contribution is 0.392. The largest absolute Gasteiger partial charge is 0.379 e. The fourth-order valence-electron chi connectivity index (χ4n) is 1.98. The summed E-state index contributed by atoms with van der Waals surface area (Å²) < 4.78 is 0.945. The summed E-state index contributed by atoms with van der Waals surface area (Å²) in [7, 11) is 4.14. The van der Waals surface area contributed by atoms with Gasteiger partial charge in [0.1, 0.15) is 5.52 Å². The minimum Gasteiger partial charge on any atom is -0.379 e. The molecule has 96 valence electrons. The maximum atomic E-state index is 4.43. The van der Waals surface area contributed by atoms with Crippen LogP contribution in [0, 0.1) is 0 Å². The Balaban J connectivity index is 2.28. The van der Waals surface area contributed by atoms with Crippen LogP contribution in [-0.2, 0) is 0 Å². The lowest BCUT2D eigenvalue weighted by atomic mass is 10.2. The van der Waals surface area contributed by atoms with Gasteiger partial charge in [-0.15, -0.1) is 0 Å². The van der Waals surface area contributed by atoms with E-state index < -0.39 is 0 Å². The average Bonchev–Trinajstić information content (AvgIpc) is 2.27. The highest BCUT2D eigenvalue weighted by Gasteiger charge is 2.08. The van der Waals surface area contributed by atoms with Crippen LogP contribution < -0.4 is 5.32 Å². The second-order valence-electron chi connectivity index (χ2n) is 4.69. The van der Waals surface area contributed by atoms with Gasteiger partial charge in [-0.3, -0.25) is 9.97 Å². The summed E-state index contributed by atoms with van der Waals surface area (Å²) in [6.07, 6.45) is 3.60. The zero-order valence-electron chi connectivity index (χ0n) is 10.8. The number of rotatable bonds is 4. The molecule has 18 heavy (non-hydrogen) atoms. The molecule has 0 saturated carbocycles. The number of nitrogens with zero attached hydrogens (tertiary/aromatic N) is 3. The van der Waals surface area contributed by atoms with E-state index in [0.717, 1.165) is 27.7 Å². The van der Waals surface area contributed by atoms with E-state index in [-0.39, 0.29) is 0 Å². The van der Waals surface area contributed by atoms with E-state index in [9.17, 15) is 0 Å². The third-order valence-electron chi connectivity index (χ3n) is 2.59. The molecule has 4 nitrogen and oxygen atoms in total. The van der Waals surface area contributed by atoms with Gasteiger partial charge in [-0.05, 0) is 49.1 Å². The van der Waals surface area contributed by atoms with Crippen molar-refractivity contribution in [2.24, 2.45) is 0 Å². The molecule has 0 radical (unpaired) electrons. The Morgan fingerprint density at radius 2 is 2.17 bits per heavy atom. The van der Waals surface area contributed by atoms with Gasteiger partial charge in [-0.2, -0.15) is 0 Å². The predicted octanol–water partition coefficient (Wildman–Crippen LogP) is 2.75. The van der Waals surface area contributed by atoms with E-state index in [4.69, 9.17) is 0 Å². The van der Waals surface area contributed by atoms with Gasteiger partial charge < -0.3 is 10.2 Å². The molecular weight excluding hydrogens is 292 g/mol. The molecule has 0 spiro atoms. The minimum atomic E-state index is 0.357. The third-order valence-corrected chi connectivity index (χ3v) is 3.02. The number of pyridine rings is 2. The third kappa shape index (κ3) is 3.17. The highest BCUT2D eigenvalue weighted by molar-refractivity contribution is 9.10. The van der Waals surface area contributed by atoms with Crippen molar-refractivity contribution in [1.29, 1.82) is 0 Å². The Morgan fingerprint density at radius 3 is 2.89 bits per heavy atom. The van der Waals surface area contributed by atoms with Crippen molar-refractivity contribution in [2.45, 2.75) is 13.0 Å². The van der Waals surface area contributed by atoms with Gasteiger partial charge in [0.15, 0.2) is 0 Å². The van der Waals surface area contributed by atoms with Gasteiger partial charge in [0.05, 0.1) is 11.2 Å². The smallest absolute Gasteiger partial charge is 0.112 e. The Labute approximate surface area is 116 Å². The van der Waals surface area contributed by atoms with Crippen LogP contribution in [0.15, 0.2) is 29.0 Å². The first-order chi connectivity index (χ1) is 8.56. The molecule has 0 aliphatic carbocycles. The van der Waals surface area contributed by atoms with Gasteiger partial charge >= 0.3 is 0 Å². The standard InChI is InChI=1S/C13H17BrN4/c1-9(8-18(2)3)17-11-4-5-15-12-6-10(14)7-16-13(11)12/h4-7,9H,8H2,1-3H3,(H,15,17). The van der Waals surface area contributed by atoms with Gasteiger partial charge in [-0.1, -0.05) is 0 Å². The SMILES string of the molecule is CC(CN(C)C)Nc1ccnc2cc(Br)cnc12. The zero-order valence-corrected chi connectivity index (χ0v) is 12.4. The first-order valence-electron chi connectivity index (χ1n) is 5.88. The molecule has 0 saturated heterocycles. The molecule has 2 rings (SSSR count). The highest BCUT2D eigenvalue weighted by Crippen LogP contribution is 2.22. The molecule has 1 unspecified atom stereocenters. The number of hydrogen-bond acceptors (Lipinski definition) is 4. The van der Waals surface area contributed by atoms with Crippen molar-refractivity contribution in [3.05, 3.63) is 29.0 Å². The monoisotopic (exact) mass is 308 g/mol. The predicted molar refractivity (Wildman–Crippen MR) is 78.9 cm³/mol. The highest BCUT2D eigenvalue weighted by atomic mass is 79.9. The van der Waals surface area contributed by atoms with E-state index in [1.807, 2.05) is 12.1 Å². The molecule has 0 amide bonds. The van der Waals surface area contributed by atoms with Crippen molar-refractivity contribution in [2.75, 3.05) is 26.0 Å². The van der Waals surface area contributed by atoms with Crippen LogP contribution in [0.3, 0.4) is 0 Å². The van der Waals surface area contributed by atoms with Crippen molar-refractivity contribution in [3.63, 3.8) is 0 Å². The van der Waals surface area contributed by atoms with E-state index in [0.29, 0.717) is 6.04 Å². The number of fused-ring (bicyclic) bond motifs is 1. The molecule has 0 aromatic carbocycles. The van der Waals surface area contributed by atoms with Crippen molar-refractivity contribution >= 4 is 32.7 Å². The number of likely N-dealkylation sites (N-methyl/N-ethyl adjacent to an activating group) is 1. The fraction of sp³-hybridized carbons (Fsp3) is 0.385. The van der Waals surface area contributed by atoms with Crippen LogP contribution in [0.25, 0.3) is 11.0 Å². The van der Waals surface area contributed by atoms with E-state index in [1.165, 1.54) is 0 Å². The lowest BCUT2D eigenvalue weighted by Gasteiger charge is -2.19. The fourth-order valence-corrected chi connectivity index (χ4v) is 2.30. The molecular formula is C13H17BrN4. The first-order valence-corrected chi connectivity index (χ1v) is 6.67. The summed E-state index contributed by atoms with van der Waals surface area (Å²) in [4.78, 5) is 10.9. The van der Waals surface area contributed by atoms with Crippen LogP contribution >= 0.6 is 15.9 Å². The number of halogens is 1. The van der Waals surface area contributed by atoms with E-state index >= 15 is 0 Å². The lowest BCUT2D eigenvalue weighted by Crippen LogP contribution is -2.29. The summed E-state index contributed by atoms with van der Waals surface area (Å²) in [5, 5.41) is 3.48. The van der Waals surface area contributed by atoms with Crippen LogP contribution in [0.4, 0.5) is 5.69 Å².